The maximum absolute atomic E-state index is 14.2. The molecule has 1 N–H and O–H groups in total. The number of carboxylic acids is 1. The molecule has 1 spiro atoms. The number of halogens is 1. The van der Waals surface area contributed by atoms with Crippen LogP contribution in [-0.4, -0.2) is 51.4 Å². The van der Waals surface area contributed by atoms with E-state index in [0.29, 0.717) is 23.9 Å². The molecule has 4 heterocycles. The van der Waals surface area contributed by atoms with Crippen LogP contribution in [-0.2, 0) is 17.9 Å². The molecule has 2 aromatic carbocycles. The standard InChI is InChI=1S/C31H28FN5O4/c32-24-10-19(14-33)4-5-21(24)16-41-28-3-1-2-27(35-28)36-17-31(18-36)12-22(13-31)29-34-25-7-6-20(30(38)39)11-26(25)37(29)15-23-8-9-40-23/h1-7,10-11,22-23H,8-9,12-13,15-18H2,(H,38,39)/t23-/m0/s1. The zero-order valence-electron chi connectivity index (χ0n) is 22.3. The maximum Gasteiger partial charge on any atom is 0.335 e. The molecule has 3 fully saturated rings. The summed E-state index contributed by atoms with van der Waals surface area (Å²) in [7, 11) is 0. The quantitative estimate of drug-likeness (QED) is 0.328. The smallest absolute Gasteiger partial charge is 0.335 e. The van der Waals surface area contributed by atoms with E-state index >= 15 is 0 Å². The summed E-state index contributed by atoms with van der Waals surface area (Å²) in [6.45, 7) is 3.26. The van der Waals surface area contributed by atoms with Crippen molar-refractivity contribution in [2.75, 3.05) is 24.6 Å². The molecular weight excluding hydrogens is 525 g/mol. The molecule has 2 aromatic heterocycles. The molecule has 2 aliphatic heterocycles. The third-order valence-corrected chi connectivity index (χ3v) is 8.57. The van der Waals surface area contributed by atoms with Gasteiger partial charge < -0.3 is 24.0 Å². The van der Waals surface area contributed by atoms with Crippen LogP contribution >= 0.6 is 0 Å². The highest BCUT2D eigenvalue weighted by Crippen LogP contribution is 2.56. The SMILES string of the molecule is N#Cc1ccc(COc2cccc(N3CC4(CC(c5nc6ccc(C(=O)O)cc6n5C[C@@H]5CCO5)C4)C3)n2)c(F)c1. The molecule has 9 nitrogen and oxygen atoms in total. The molecule has 2 saturated heterocycles. The van der Waals surface area contributed by atoms with Gasteiger partial charge in [0.1, 0.15) is 24.1 Å². The summed E-state index contributed by atoms with van der Waals surface area (Å²) in [5, 5.41) is 18.4. The molecule has 3 aliphatic rings. The largest absolute Gasteiger partial charge is 0.478 e. The Kier molecular flexibility index (Phi) is 6.12. The van der Waals surface area contributed by atoms with Crippen LogP contribution in [0.25, 0.3) is 11.0 Å². The highest BCUT2D eigenvalue weighted by molar-refractivity contribution is 5.92. The van der Waals surface area contributed by atoms with E-state index in [1.165, 1.54) is 6.07 Å². The minimum atomic E-state index is -0.942. The van der Waals surface area contributed by atoms with Crippen molar-refractivity contribution in [1.29, 1.82) is 5.26 Å². The lowest BCUT2D eigenvalue weighted by atomic mass is 9.57. The first-order chi connectivity index (χ1) is 19.9. The van der Waals surface area contributed by atoms with Crippen LogP contribution in [0.15, 0.2) is 54.6 Å². The first kappa shape index (κ1) is 25.5. The number of anilines is 1. The van der Waals surface area contributed by atoms with Crippen molar-refractivity contribution in [2.45, 2.75) is 44.4 Å². The number of nitrogens with zero attached hydrogens (tertiary/aromatic N) is 5. The van der Waals surface area contributed by atoms with Gasteiger partial charge in [-0.1, -0.05) is 12.1 Å². The van der Waals surface area contributed by atoms with E-state index in [4.69, 9.17) is 19.7 Å². The van der Waals surface area contributed by atoms with Crippen molar-refractivity contribution < 1.29 is 23.8 Å². The summed E-state index contributed by atoms with van der Waals surface area (Å²) < 4.78 is 27.9. The fraction of sp³-hybridized carbons (Fsp3) is 0.355. The summed E-state index contributed by atoms with van der Waals surface area (Å²) in [6, 6.07) is 17.0. The molecule has 1 aliphatic carbocycles. The van der Waals surface area contributed by atoms with Crippen molar-refractivity contribution in [3.8, 4) is 11.9 Å². The number of fused-ring (bicyclic) bond motifs is 1. The number of pyridine rings is 1. The van der Waals surface area contributed by atoms with Gasteiger partial charge in [-0.15, -0.1) is 0 Å². The van der Waals surface area contributed by atoms with E-state index < -0.39 is 11.8 Å². The summed E-state index contributed by atoms with van der Waals surface area (Å²) >= 11 is 0. The minimum Gasteiger partial charge on any atom is -0.478 e. The molecule has 41 heavy (non-hydrogen) atoms. The minimum absolute atomic E-state index is 0.0282. The lowest BCUT2D eigenvalue weighted by molar-refractivity contribution is -0.0597. The van der Waals surface area contributed by atoms with Crippen molar-refractivity contribution >= 4 is 22.8 Å². The Morgan fingerprint density at radius 3 is 2.71 bits per heavy atom. The normalized spacial score (nSPS) is 19.3. The van der Waals surface area contributed by atoms with Crippen molar-refractivity contribution in [3.63, 3.8) is 0 Å². The topological polar surface area (TPSA) is 114 Å². The van der Waals surface area contributed by atoms with E-state index in [1.54, 1.807) is 36.4 Å². The van der Waals surface area contributed by atoms with Crippen LogP contribution < -0.4 is 9.64 Å². The fourth-order valence-electron chi connectivity index (χ4n) is 6.31. The Labute approximate surface area is 235 Å². The van der Waals surface area contributed by atoms with Crippen LogP contribution in [0.3, 0.4) is 0 Å². The van der Waals surface area contributed by atoms with Crippen LogP contribution in [0.4, 0.5) is 10.2 Å². The Balaban J connectivity index is 1.01. The van der Waals surface area contributed by atoms with Gasteiger partial charge in [0.2, 0.25) is 5.88 Å². The van der Waals surface area contributed by atoms with Crippen LogP contribution in [0.2, 0.25) is 0 Å². The van der Waals surface area contributed by atoms with Gasteiger partial charge in [-0.05, 0) is 55.7 Å². The highest BCUT2D eigenvalue weighted by atomic mass is 19.1. The molecule has 0 amide bonds. The van der Waals surface area contributed by atoms with Gasteiger partial charge in [0.25, 0.3) is 0 Å². The summed E-state index contributed by atoms with van der Waals surface area (Å²) in [5.41, 5.74) is 2.79. The number of carboxylic acid groups (broad SMARTS) is 1. The zero-order valence-corrected chi connectivity index (χ0v) is 22.3. The number of aromatic nitrogens is 3. The number of ether oxygens (including phenoxy) is 2. The number of rotatable bonds is 8. The lowest BCUT2D eigenvalue weighted by Crippen LogP contribution is -2.62. The Hall–Kier alpha value is -4.49. The fourth-order valence-corrected chi connectivity index (χ4v) is 6.31. The second-order valence-corrected chi connectivity index (χ2v) is 11.4. The Bertz CT molecular complexity index is 1690. The number of aromatic carboxylic acids is 1. The van der Waals surface area contributed by atoms with Crippen molar-refractivity contribution in [3.05, 3.63) is 82.9 Å². The van der Waals surface area contributed by atoms with E-state index in [-0.39, 0.29) is 29.3 Å². The van der Waals surface area contributed by atoms with Crippen LogP contribution in [0.5, 0.6) is 5.88 Å². The van der Waals surface area contributed by atoms with Crippen molar-refractivity contribution in [2.24, 2.45) is 5.41 Å². The summed E-state index contributed by atoms with van der Waals surface area (Å²) in [4.78, 5) is 23.4. The van der Waals surface area contributed by atoms with Gasteiger partial charge in [-0.25, -0.2) is 14.2 Å². The number of hydrogen-bond acceptors (Lipinski definition) is 7. The van der Waals surface area contributed by atoms with Gasteiger partial charge in [0, 0.05) is 42.7 Å². The predicted octanol–water partition coefficient (Wildman–Crippen LogP) is 4.89. The number of carbonyl (C=O) groups is 1. The van der Waals surface area contributed by atoms with Crippen LogP contribution in [0.1, 0.15) is 52.5 Å². The first-order valence-corrected chi connectivity index (χ1v) is 13.8. The molecule has 1 atom stereocenters. The third kappa shape index (κ3) is 4.66. The predicted molar refractivity (Wildman–Crippen MR) is 147 cm³/mol. The van der Waals surface area contributed by atoms with E-state index in [1.807, 2.05) is 18.2 Å². The van der Waals surface area contributed by atoms with Gasteiger partial charge in [0.15, 0.2) is 0 Å². The van der Waals surface area contributed by atoms with E-state index in [0.717, 1.165) is 61.6 Å². The van der Waals surface area contributed by atoms with Gasteiger partial charge >= 0.3 is 5.97 Å². The molecular formula is C31H28FN5O4. The molecule has 0 bridgehead atoms. The Morgan fingerprint density at radius 2 is 2.00 bits per heavy atom. The summed E-state index contributed by atoms with van der Waals surface area (Å²) in [5.74, 6) is 1.16. The monoisotopic (exact) mass is 553 g/mol. The molecule has 208 valence electrons. The first-order valence-electron chi connectivity index (χ1n) is 13.8. The highest BCUT2D eigenvalue weighted by Gasteiger charge is 2.54. The number of benzene rings is 2. The zero-order chi connectivity index (χ0) is 28.1. The number of nitriles is 1. The molecule has 4 aromatic rings. The van der Waals surface area contributed by atoms with Crippen molar-refractivity contribution in [1.82, 2.24) is 14.5 Å². The molecule has 7 rings (SSSR count). The average Bonchev–Trinajstić information content (AvgIpc) is 3.25. The Morgan fingerprint density at radius 1 is 1.17 bits per heavy atom. The lowest BCUT2D eigenvalue weighted by Gasteiger charge is -2.59. The summed E-state index contributed by atoms with van der Waals surface area (Å²) in [6.07, 6.45) is 3.16. The van der Waals surface area contributed by atoms with Gasteiger partial charge in [-0.2, -0.15) is 10.2 Å². The number of imidazole rings is 1. The van der Waals surface area contributed by atoms with E-state index in [2.05, 4.69) is 14.5 Å². The third-order valence-electron chi connectivity index (χ3n) is 8.57. The second-order valence-electron chi connectivity index (χ2n) is 11.4. The average molecular weight is 554 g/mol. The molecule has 10 heteroatoms. The molecule has 0 radical (unpaired) electrons. The van der Waals surface area contributed by atoms with Gasteiger partial charge in [-0.3, -0.25) is 0 Å². The second kappa shape index (κ2) is 9.85. The molecule has 1 saturated carbocycles. The number of hydrogen-bond donors (Lipinski definition) is 1. The molecule has 0 unspecified atom stereocenters. The van der Waals surface area contributed by atoms with Gasteiger partial charge in [0.05, 0.1) is 40.9 Å². The maximum atomic E-state index is 14.2. The van der Waals surface area contributed by atoms with E-state index in [9.17, 15) is 14.3 Å². The van der Waals surface area contributed by atoms with Crippen LogP contribution in [0, 0.1) is 22.6 Å².